The highest BCUT2D eigenvalue weighted by molar-refractivity contribution is 6.30. The fourth-order valence-corrected chi connectivity index (χ4v) is 3.94. The largest absolute Gasteiger partial charge is 0.465 e. The van der Waals surface area contributed by atoms with Gasteiger partial charge in [-0.05, 0) is 39.5 Å². The third kappa shape index (κ3) is 5.80. The van der Waals surface area contributed by atoms with Crippen LogP contribution in [0.1, 0.15) is 33.6 Å². The first-order valence-electron chi connectivity index (χ1n) is 11.0. The topological polar surface area (TPSA) is 103 Å². The molecule has 1 saturated carbocycles. The molecule has 2 aliphatic rings. The van der Waals surface area contributed by atoms with Gasteiger partial charge in [0.05, 0.1) is 17.3 Å². The number of rotatable bonds is 6. The molecule has 10 nitrogen and oxygen atoms in total. The van der Waals surface area contributed by atoms with Crippen LogP contribution in [0.15, 0.2) is 18.5 Å². The molecule has 0 N–H and O–H groups in total. The molecule has 1 aliphatic heterocycles. The Morgan fingerprint density at radius 3 is 2.61 bits per heavy atom. The normalized spacial score (nSPS) is 18.9. The molecule has 0 unspecified atom stereocenters. The fraction of sp³-hybridized carbons (Fsp3) is 0.591. The van der Waals surface area contributed by atoms with Crippen LogP contribution >= 0.6 is 11.6 Å². The second-order valence-electron chi connectivity index (χ2n) is 9.22. The average molecular weight is 477 g/mol. The third-order valence-electron chi connectivity index (χ3n) is 5.44. The molecule has 4 rings (SSSR count). The van der Waals surface area contributed by atoms with E-state index in [1.807, 2.05) is 25.7 Å². The number of aromatic nitrogens is 4. The van der Waals surface area contributed by atoms with Crippen molar-refractivity contribution in [2.75, 3.05) is 38.4 Å². The van der Waals surface area contributed by atoms with Crippen LogP contribution in [0.4, 0.5) is 10.7 Å². The van der Waals surface area contributed by atoms with Crippen LogP contribution in [0.25, 0.3) is 11.4 Å². The molecule has 1 saturated heterocycles. The molecule has 0 aromatic carbocycles. The van der Waals surface area contributed by atoms with E-state index >= 15 is 0 Å². The minimum absolute atomic E-state index is 0.0540. The predicted molar refractivity (Wildman–Crippen MR) is 122 cm³/mol. The molecule has 2 aromatic rings. The summed E-state index contributed by atoms with van der Waals surface area (Å²) in [7, 11) is 1.53. The number of amides is 1. The van der Waals surface area contributed by atoms with Gasteiger partial charge in [0.2, 0.25) is 5.95 Å². The van der Waals surface area contributed by atoms with Crippen molar-refractivity contribution in [3.05, 3.63) is 23.5 Å². The average Bonchev–Trinajstić information content (AvgIpc) is 3.62. The standard InChI is InChI=1S/C22H29ClN6O4/c1-22(2,3)33-21(30)29-8-7-28(12-17(29)14-5-6-14)20-25-11-16(26-27-20)19-18(32-13-31-4)9-15(23)10-24-19/h9-11,14,17H,5-8,12-13H2,1-4H3/t17-/m1/s1. The molecule has 0 bridgehead atoms. The highest BCUT2D eigenvalue weighted by Gasteiger charge is 2.42. The van der Waals surface area contributed by atoms with Crippen LogP contribution in [0.5, 0.6) is 5.75 Å². The number of hydrogen-bond acceptors (Lipinski definition) is 9. The van der Waals surface area contributed by atoms with Gasteiger partial charge in [0.15, 0.2) is 12.5 Å². The lowest BCUT2D eigenvalue weighted by Gasteiger charge is -2.41. The zero-order valence-electron chi connectivity index (χ0n) is 19.3. The highest BCUT2D eigenvalue weighted by Crippen LogP contribution is 2.38. The Balaban J connectivity index is 1.48. The van der Waals surface area contributed by atoms with Gasteiger partial charge in [-0.1, -0.05) is 11.6 Å². The van der Waals surface area contributed by atoms with Gasteiger partial charge >= 0.3 is 6.09 Å². The predicted octanol–water partition coefficient (Wildman–Crippen LogP) is 3.41. The van der Waals surface area contributed by atoms with E-state index in [0.717, 1.165) is 12.8 Å². The van der Waals surface area contributed by atoms with Crippen LogP contribution < -0.4 is 9.64 Å². The maximum atomic E-state index is 12.7. The summed E-state index contributed by atoms with van der Waals surface area (Å²) in [6, 6.07) is 1.72. The molecule has 0 spiro atoms. The zero-order valence-corrected chi connectivity index (χ0v) is 20.1. The summed E-state index contributed by atoms with van der Waals surface area (Å²) < 4.78 is 16.2. The van der Waals surface area contributed by atoms with Crippen molar-refractivity contribution in [3.63, 3.8) is 0 Å². The van der Waals surface area contributed by atoms with Crippen molar-refractivity contribution in [1.82, 2.24) is 25.1 Å². The summed E-state index contributed by atoms with van der Waals surface area (Å²) in [6.07, 6.45) is 5.10. The van der Waals surface area contributed by atoms with Crippen molar-refractivity contribution in [2.24, 2.45) is 5.92 Å². The molecule has 33 heavy (non-hydrogen) atoms. The van der Waals surface area contributed by atoms with Crippen molar-refractivity contribution >= 4 is 23.6 Å². The second kappa shape index (κ2) is 9.64. The van der Waals surface area contributed by atoms with Gasteiger partial charge in [0, 0.05) is 39.0 Å². The maximum Gasteiger partial charge on any atom is 0.410 e. The molecule has 1 atom stereocenters. The van der Waals surface area contributed by atoms with Gasteiger partial charge < -0.3 is 24.0 Å². The number of ether oxygens (including phenoxy) is 3. The number of piperazine rings is 1. The van der Waals surface area contributed by atoms with Crippen molar-refractivity contribution in [1.29, 1.82) is 0 Å². The van der Waals surface area contributed by atoms with Gasteiger partial charge in [-0.15, -0.1) is 10.2 Å². The van der Waals surface area contributed by atoms with Crippen LogP contribution in [0.3, 0.4) is 0 Å². The second-order valence-corrected chi connectivity index (χ2v) is 9.66. The summed E-state index contributed by atoms with van der Waals surface area (Å²) >= 11 is 6.05. The lowest BCUT2D eigenvalue weighted by Crippen LogP contribution is -2.57. The van der Waals surface area contributed by atoms with E-state index in [9.17, 15) is 4.79 Å². The lowest BCUT2D eigenvalue weighted by atomic mass is 10.1. The molecule has 178 valence electrons. The summed E-state index contributed by atoms with van der Waals surface area (Å²) in [5, 5.41) is 9.10. The zero-order chi connectivity index (χ0) is 23.6. The number of anilines is 1. The van der Waals surface area contributed by atoms with Gasteiger partial charge in [0.25, 0.3) is 0 Å². The Labute approximate surface area is 198 Å². The number of halogens is 1. The van der Waals surface area contributed by atoms with E-state index in [4.69, 9.17) is 25.8 Å². The van der Waals surface area contributed by atoms with Gasteiger partial charge in [-0.25, -0.2) is 14.8 Å². The van der Waals surface area contributed by atoms with Gasteiger partial charge in [0.1, 0.15) is 17.0 Å². The Morgan fingerprint density at radius 2 is 1.97 bits per heavy atom. The first-order chi connectivity index (χ1) is 15.7. The Hall–Kier alpha value is -2.72. The van der Waals surface area contributed by atoms with E-state index < -0.39 is 5.60 Å². The fourth-order valence-electron chi connectivity index (χ4n) is 3.79. The van der Waals surface area contributed by atoms with Crippen molar-refractivity contribution in [3.8, 4) is 17.1 Å². The number of carbonyl (C=O) groups is 1. The van der Waals surface area contributed by atoms with Crippen molar-refractivity contribution in [2.45, 2.75) is 45.3 Å². The van der Waals surface area contributed by atoms with E-state index in [-0.39, 0.29) is 18.9 Å². The Bertz CT molecular complexity index is 980. The minimum atomic E-state index is -0.521. The van der Waals surface area contributed by atoms with Gasteiger partial charge in [-0.3, -0.25) is 0 Å². The molecule has 2 fully saturated rings. The number of carbonyl (C=O) groups excluding carboxylic acids is 1. The summed E-state index contributed by atoms with van der Waals surface area (Å²) in [5.41, 5.74) is 0.424. The highest BCUT2D eigenvalue weighted by atomic mass is 35.5. The molecular formula is C22H29ClN6O4. The number of hydrogen-bond donors (Lipinski definition) is 0. The van der Waals surface area contributed by atoms with Crippen LogP contribution in [0.2, 0.25) is 5.02 Å². The SMILES string of the molecule is COCOc1cc(Cl)cnc1-c1cnc(N2CCN(C(=O)OC(C)(C)C)[C@@H](C3CC3)C2)nn1. The molecule has 2 aromatic heterocycles. The molecule has 0 radical (unpaired) electrons. The third-order valence-corrected chi connectivity index (χ3v) is 5.65. The van der Waals surface area contributed by atoms with Crippen LogP contribution in [0, 0.1) is 5.92 Å². The smallest absolute Gasteiger partial charge is 0.410 e. The van der Waals surface area contributed by atoms with Crippen LogP contribution in [-0.2, 0) is 9.47 Å². The van der Waals surface area contributed by atoms with E-state index in [2.05, 4.69) is 25.1 Å². The summed E-state index contributed by atoms with van der Waals surface area (Å²) in [4.78, 5) is 25.5. The molecule has 3 heterocycles. The number of pyridine rings is 1. The number of nitrogens with zero attached hydrogens (tertiary/aromatic N) is 6. The molecular weight excluding hydrogens is 448 g/mol. The first-order valence-corrected chi connectivity index (χ1v) is 11.3. The lowest BCUT2D eigenvalue weighted by molar-refractivity contribution is 0.0115. The summed E-state index contributed by atoms with van der Waals surface area (Å²) in [6.45, 7) is 7.51. The van der Waals surface area contributed by atoms with Crippen LogP contribution in [-0.4, -0.2) is 76.3 Å². The summed E-state index contributed by atoms with van der Waals surface area (Å²) in [5.74, 6) is 1.43. The maximum absolute atomic E-state index is 12.7. The van der Waals surface area contributed by atoms with E-state index in [0.29, 0.717) is 53.7 Å². The van der Waals surface area contributed by atoms with E-state index in [1.165, 1.54) is 13.3 Å². The number of methoxy groups -OCH3 is 1. The molecule has 1 aliphatic carbocycles. The van der Waals surface area contributed by atoms with E-state index in [1.54, 1.807) is 12.3 Å². The Morgan fingerprint density at radius 1 is 1.18 bits per heavy atom. The van der Waals surface area contributed by atoms with Crippen molar-refractivity contribution < 1.29 is 19.0 Å². The monoisotopic (exact) mass is 476 g/mol. The molecule has 1 amide bonds. The quantitative estimate of drug-likeness (QED) is 0.580. The minimum Gasteiger partial charge on any atom is -0.465 e. The molecule has 11 heteroatoms. The Kier molecular flexibility index (Phi) is 6.85. The first kappa shape index (κ1) is 23.4. The van der Waals surface area contributed by atoms with Gasteiger partial charge in [-0.2, -0.15) is 0 Å².